The number of hydrogen-bond acceptors (Lipinski definition) is 4. The summed E-state index contributed by atoms with van der Waals surface area (Å²) in [5.74, 6) is 0.925. The van der Waals surface area contributed by atoms with Crippen LogP contribution in [0, 0.1) is 5.92 Å². The zero-order valence-electron chi connectivity index (χ0n) is 12.1. The van der Waals surface area contributed by atoms with Crippen molar-refractivity contribution in [3.8, 4) is 5.75 Å². The van der Waals surface area contributed by atoms with E-state index in [4.69, 9.17) is 15.2 Å². The van der Waals surface area contributed by atoms with Gasteiger partial charge >= 0.3 is 0 Å². The molecule has 0 bridgehead atoms. The summed E-state index contributed by atoms with van der Waals surface area (Å²) in [5, 5.41) is 0. The molecule has 1 aromatic rings. The lowest BCUT2D eigenvalue weighted by Gasteiger charge is -2.27. The van der Waals surface area contributed by atoms with Crippen molar-refractivity contribution >= 4 is 11.6 Å². The third-order valence-corrected chi connectivity index (χ3v) is 3.71. The van der Waals surface area contributed by atoms with Gasteiger partial charge in [0.15, 0.2) is 0 Å². The Labute approximate surface area is 119 Å². The second kappa shape index (κ2) is 6.61. The van der Waals surface area contributed by atoms with Gasteiger partial charge in [-0.2, -0.15) is 0 Å². The van der Waals surface area contributed by atoms with Gasteiger partial charge in [-0.05, 0) is 30.9 Å². The number of carbonyl (C=O) groups excluding carboxylic acids is 1. The van der Waals surface area contributed by atoms with E-state index in [0.717, 1.165) is 32.6 Å². The molecule has 2 N–H and O–H groups in total. The highest BCUT2D eigenvalue weighted by atomic mass is 16.5. The largest absolute Gasteiger partial charge is 0.496 e. The first-order chi connectivity index (χ1) is 9.63. The number of benzene rings is 1. The van der Waals surface area contributed by atoms with Crippen LogP contribution in [0.2, 0.25) is 0 Å². The van der Waals surface area contributed by atoms with Crippen molar-refractivity contribution in [3.63, 3.8) is 0 Å². The molecule has 1 amide bonds. The zero-order valence-corrected chi connectivity index (χ0v) is 12.1. The number of ether oxygens (including phenoxy) is 2. The molecule has 0 atom stereocenters. The third kappa shape index (κ3) is 3.22. The molecule has 1 saturated heterocycles. The quantitative estimate of drug-likeness (QED) is 0.853. The molecule has 1 aliphatic heterocycles. The molecule has 0 saturated carbocycles. The fourth-order valence-corrected chi connectivity index (χ4v) is 2.54. The van der Waals surface area contributed by atoms with Gasteiger partial charge in [-0.1, -0.05) is 6.07 Å². The van der Waals surface area contributed by atoms with Gasteiger partial charge in [0.25, 0.3) is 5.91 Å². The third-order valence-electron chi connectivity index (χ3n) is 3.71. The summed E-state index contributed by atoms with van der Waals surface area (Å²) in [7, 11) is 3.35. The zero-order chi connectivity index (χ0) is 14.5. The number of nitrogens with zero attached hydrogens (tertiary/aromatic N) is 1. The first-order valence-corrected chi connectivity index (χ1v) is 6.89. The van der Waals surface area contributed by atoms with Crippen molar-refractivity contribution in [2.75, 3.05) is 39.6 Å². The lowest BCUT2D eigenvalue weighted by Crippen LogP contribution is -2.34. The highest BCUT2D eigenvalue weighted by Gasteiger charge is 2.23. The van der Waals surface area contributed by atoms with E-state index >= 15 is 0 Å². The number of anilines is 1. The van der Waals surface area contributed by atoms with Crippen molar-refractivity contribution in [2.24, 2.45) is 5.92 Å². The summed E-state index contributed by atoms with van der Waals surface area (Å²) in [6.07, 6.45) is 2.00. The molecule has 0 aromatic heterocycles. The standard InChI is InChI=1S/C15H22N2O3/c1-17(10-11-6-8-20-9-7-11)15(18)14-12(16)4-3-5-13(14)19-2/h3-5,11H,6-10,16H2,1-2H3. The Bertz CT molecular complexity index is 470. The molecule has 1 heterocycles. The molecular weight excluding hydrogens is 256 g/mol. The van der Waals surface area contributed by atoms with Crippen LogP contribution in [-0.4, -0.2) is 44.7 Å². The number of rotatable bonds is 4. The highest BCUT2D eigenvalue weighted by Crippen LogP contribution is 2.26. The van der Waals surface area contributed by atoms with Gasteiger partial charge in [0, 0.05) is 32.5 Å². The number of methoxy groups -OCH3 is 1. The summed E-state index contributed by atoms with van der Waals surface area (Å²) in [5.41, 5.74) is 6.82. The molecule has 1 fully saturated rings. The minimum atomic E-state index is -0.0913. The van der Waals surface area contributed by atoms with Crippen LogP contribution in [0.1, 0.15) is 23.2 Å². The normalized spacial score (nSPS) is 15.9. The van der Waals surface area contributed by atoms with Crippen LogP contribution in [0.25, 0.3) is 0 Å². The Morgan fingerprint density at radius 1 is 1.45 bits per heavy atom. The van der Waals surface area contributed by atoms with Gasteiger partial charge in [-0.15, -0.1) is 0 Å². The van der Waals surface area contributed by atoms with Gasteiger partial charge in [0.2, 0.25) is 0 Å². The van der Waals surface area contributed by atoms with Crippen molar-refractivity contribution in [1.82, 2.24) is 4.90 Å². The lowest BCUT2D eigenvalue weighted by molar-refractivity contribution is 0.0496. The van der Waals surface area contributed by atoms with E-state index in [2.05, 4.69) is 0 Å². The first kappa shape index (κ1) is 14.7. The predicted octanol–water partition coefficient (Wildman–Crippen LogP) is 1.78. The number of nitrogens with two attached hydrogens (primary N) is 1. The Morgan fingerprint density at radius 2 is 2.15 bits per heavy atom. The predicted molar refractivity (Wildman–Crippen MR) is 77.9 cm³/mol. The molecular formula is C15H22N2O3. The molecule has 0 unspecified atom stereocenters. The number of nitrogen functional groups attached to an aromatic ring is 1. The van der Waals surface area contributed by atoms with Crippen LogP contribution >= 0.6 is 0 Å². The summed E-state index contributed by atoms with van der Waals surface area (Å²) in [6.45, 7) is 2.28. The van der Waals surface area contributed by atoms with Crippen LogP contribution in [0.5, 0.6) is 5.75 Å². The maximum absolute atomic E-state index is 12.6. The molecule has 110 valence electrons. The smallest absolute Gasteiger partial charge is 0.259 e. The minimum absolute atomic E-state index is 0.0913. The minimum Gasteiger partial charge on any atom is -0.496 e. The van der Waals surface area contributed by atoms with E-state index < -0.39 is 0 Å². The fraction of sp³-hybridized carbons (Fsp3) is 0.533. The fourth-order valence-electron chi connectivity index (χ4n) is 2.54. The Balaban J connectivity index is 2.10. The van der Waals surface area contributed by atoms with E-state index in [9.17, 15) is 4.79 Å². The molecule has 20 heavy (non-hydrogen) atoms. The Morgan fingerprint density at radius 3 is 2.80 bits per heavy atom. The number of hydrogen-bond donors (Lipinski definition) is 1. The molecule has 1 aromatic carbocycles. The van der Waals surface area contributed by atoms with Gasteiger partial charge in [0.05, 0.1) is 7.11 Å². The molecule has 5 nitrogen and oxygen atoms in total. The summed E-state index contributed by atoms with van der Waals surface area (Å²) < 4.78 is 10.6. The van der Waals surface area contributed by atoms with Gasteiger partial charge in [-0.3, -0.25) is 4.79 Å². The second-order valence-corrected chi connectivity index (χ2v) is 5.17. The lowest BCUT2D eigenvalue weighted by atomic mass is 9.99. The van der Waals surface area contributed by atoms with E-state index in [1.54, 1.807) is 30.2 Å². The van der Waals surface area contributed by atoms with Crippen LogP contribution in [0.15, 0.2) is 18.2 Å². The van der Waals surface area contributed by atoms with E-state index in [-0.39, 0.29) is 5.91 Å². The molecule has 0 radical (unpaired) electrons. The maximum atomic E-state index is 12.6. The highest BCUT2D eigenvalue weighted by molar-refractivity contribution is 6.01. The monoisotopic (exact) mass is 278 g/mol. The number of amides is 1. The second-order valence-electron chi connectivity index (χ2n) is 5.17. The van der Waals surface area contributed by atoms with Crippen molar-refractivity contribution in [2.45, 2.75) is 12.8 Å². The van der Waals surface area contributed by atoms with Gasteiger partial charge < -0.3 is 20.1 Å². The molecule has 0 spiro atoms. The van der Waals surface area contributed by atoms with Gasteiger partial charge in [-0.25, -0.2) is 0 Å². The first-order valence-electron chi connectivity index (χ1n) is 6.89. The summed E-state index contributed by atoms with van der Waals surface area (Å²) in [4.78, 5) is 14.3. The molecule has 2 rings (SSSR count). The van der Waals surface area contributed by atoms with Crippen molar-refractivity contribution in [3.05, 3.63) is 23.8 Å². The maximum Gasteiger partial charge on any atom is 0.259 e. The summed E-state index contributed by atoms with van der Waals surface area (Å²) >= 11 is 0. The molecule has 1 aliphatic rings. The molecule has 5 heteroatoms. The average molecular weight is 278 g/mol. The molecule has 0 aliphatic carbocycles. The topological polar surface area (TPSA) is 64.8 Å². The van der Waals surface area contributed by atoms with E-state index in [1.165, 1.54) is 0 Å². The average Bonchev–Trinajstić information content (AvgIpc) is 2.47. The van der Waals surface area contributed by atoms with Crippen molar-refractivity contribution < 1.29 is 14.3 Å². The Kier molecular flexibility index (Phi) is 4.84. The van der Waals surface area contributed by atoms with Crippen LogP contribution < -0.4 is 10.5 Å². The Hall–Kier alpha value is -1.75. The van der Waals surface area contributed by atoms with Gasteiger partial charge in [0.1, 0.15) is 11.3 Å². The number of carbonyl (C=O) groups is 1. The van der Waals surface area contributed by atoms with E-state index in [1.807, 2.05) is 7.05 Å². The summed E-state index contributed by atoms with van der Waals surface area (Å²) in [6, 6.07) is 5.26. The van der Waals surface area contributed by atoms with E-state index in [0.29, 0.717) is 22.9 Å². The van der Waals surface area contributed by atoms with Crippen LogP contribution in [0.4, 0.5) is 5.69 Å². The van der Waals surface area contributed by atoms with Crippen LogP contribution in [-0.2, 0) is 4.74 Å². The van der Waals surface area contributed by atoms with Crippen molar-refractivity contribution in [1.29, 1.82) is 0 Å². The SMILES string of the molecule is COc1cccc(N)c1C(=O)N(C)CC1CCOCC1. The van der Waals surface area contributed by atoms with Crippen LogP contribution in [0.3, 0.4) is 0 Å².